The highest BCUT2D eigenvalue weighted by Crippen LogP contribution is 2.31. The predicted molar refractivity (Wildman–Crippen MR) is 188 cm³/mol. The molecule has 240 valence electrons. The Kier molecular flexibility index (Phi) is 8.89. The van der Waals surface area contributed by atoms with Gasteiger partial charge in [-0.05, 0) is 82.8 Å². The van der Waals surface area contributed by atoms with Crippen molar-refractivity contribution in [2.45, 2.75) is 32.7 Å². The number of aromatic nitrogens is 2. The molecule has 1 amide bonds. The molecule has 0 spiro atoms. The molecule has 6 rings (SSSR count). The van der Waals surface area contributed by atoms with Crippen LogP contribution in [0.15, 0.2) is 97.2 Å². The fourth-order valence-corrected chi connectivity index (χ4v) is 6.79. The van der Waals surface area contributed by atoms with Crippen LogP contribution in [0, 0.1) is 0 Å². The van der Waals surface area contributed by atoms with E-state index in [-0.39, 0.29) is 12.0 Å². The van der Waals surface area contributed by atoms with Gasteiger partial charge in [-0.3, -0.25) is 4.79 Å². The molecule has 5 aromatic rings. The molecule has 1 aliphatic rings. The van der Waals surface area contributed by atoms with E-state index < -0.39 is 16.1 Å². The third kappa shape index (κ3) is 7.54. The highest BCUT2D eigenvalue weighted by molar-refractivity contribution is 7.92. The van der Waals surface area contributed by atoms with Gasteiger partial charge in [0.15, 0.2) is 0 Å². The molecule has 1 fully saturated rings. The van der Waals surface area contributed by atoms with Gasteiger partial charge in [0, 0.05) is 23.3 Å². The molecule has 1 aromatic heterocycles. The Labute approximate surface area is 284 Å². The van der Waals surface area contributed by atoms with Crippen LogP contribution in [-0.4, -0.2) is 30.4 Å². The monoisotopic (exact) mass is 686 g/mol. The van der Waals surface area contributed by atoms with Crippen LogP contribution in [0.5, 0.6) is 11.5 Å². The van der Waals surface area contributed by atoms with E-state index in [2.05, 4.69) is 32.9 Å². The third-order valence-corrected chi connectivity index (χ3v) is 9.63. The number of benzene rings is 4. The molecule has 11 heteroatoms. The first-order valence-corrected chi connectivity index (χ1v) is 17.1. The largest absolute Gasteiger partial charge is 0.457 e. The topological polar surface area (TPSA) is 93.5 Å². The maximum atomic E-state index is 12.3. The number of imidazole rings is 1. The van der Waals surface area contributed by atoms with Crippen molar-refractivity contribution < 1.29 is 17.9 Å². The molecule has 1 saturated heterocycles. The maximum Gasteiger partial charge on any atom is 0.326 e. The fraction of sp³-hybridized carbons (Fsp3) is 0.167. The van der Waals surface area contributed by atoms with Gasteiger partial charge in [-0.2, -0.15) is 8.42 Å². The normalized spacial score (nSPS) is 14.5. The second kappa shape index (κ2) is 12.9. The Bertz CT molecular complexity index is 2070. The molecule has 1 N–H and O–H groups in total. The number of carbonyl (C=O) groups excluding carboxylic acids is 1. The highest BCUT2D eigenvalue weighted by Gasteiger charge is 2.33. The van der Waals surface area contributed by atoms with Crippen LogP contribution in [0.4, 0.5) is 5.69 Å². The number of nitrogens with one attached hydrogen (secondary N) is 1. The van der Waals surface area contributed by atoms with Crippen LogP contribution in [0.3, 0.4) is 0 Å². The zero-order valence-corrected chi connectivity index (χ0v) is 28.3. The van der Waals surface area contributed by atoms with Crippen molar-refractivity contribution in [3.05, 3.63) is 130 Å². The van der Waals surface area contributed by atoms with E-state index in [1.807, 2.05) is 82.2 Å². The van der Waals surface area contributed by atoms with Crippen LogP contribution < -0.4 is 13.8 Å². The first kappa shape index (κ1) is 32.4. The number of anilines is 1. The molecule has 0 radical (unpaired) electrons. The van der Waals surface area contributed by atoms with Gasteiger partial charge < -0.3 is 9.30 Å². The summed E-state index contributed by atoms with van der Waals surface area (Å²) >= 11 is 12.7. The number of hydrogen-bond donors (Lipinski definition) is 1. The summed E-state index contributed by atoms with van der Waals surface area (Å²) in [5.41, 5.74) is 5.01. The summed E-state index contributed by atoms with van der Waals surface area (Å²) in [5, 5.41) is 1.02. The van der Waals surface area contributed by atoms with Crippen LogP contribution in [0.1, 0.15) is 43.3 Å². The Morgan fingerprint density at radius 3 is 2.15 bits per heavy atom. The summed E-state index contributed by atoms with van der Waals surface area (Å²) in [6, 6.07) is 28.2. The van der Waals surface area contributed by atoms with Gasteiger partial charge in [0.1, 0.15) is 23.9 Å². The number of ether oxygens (including phenoxy) is 1. The second-order valence-electron chi connectivity index (χ2n) is 12.2. The molecular formula is C36H32Cl2N4O4S. The Balaban J connectivity index is 1.23. The summed E-state index contributed by atoms with van der Waals surface area (Å²) in [6.07, 6.45) is 5.81. The number of hydrogen-bond acceptors (Lipinski definition) is 5. The quantitative estimate of drug-likeness (QED) is 0.177. The molecule has 4 aromatic carbocycles. The van der Waals surface area contributed by atoms with E-state index in [1.54, 1.807) is 24.3 Å². The van der Waals surface area contributed by atoms with Gasteiger partial charge in [-0.25, -0.2) is 14.0 Å². The molecule has 0 aliphatic carbocycles. The molecule has 47 heavy (non-hydrogen) atoms. The highest BCUT2D eigenvalue weighted by atomic mass is 35.5. The minimum Gasteiger partial charge on any atom is -0.457 e. The zero-order valence-electron chi connectivity index (χ0n) is 25.9. The van der Waals surface area contributed by atoms with Crippen LogP contribution in [-0.2, 0) is 27.0 Å². The predicted octanol–water partition coefficient (Wildman–Crippen LogP) is 8.35. The Hall–Kier alpha value is -4.57. The molecular weight excluding hydrogens is 655 g/mol. The number of amides is 1. The van der Waals surface area contributed by atoms with Crippen molar-refractivity contribution in [2.24, 2.45) is 0 Å². The van der Waals surface area contributed by atoms with Crippen molar-refractivity contribution in [1.82, 2.24) is 14.3 Å². The lowest BCUT2D eigenvalue weighted by Crippen LogP contribution is -2.29. The van der Waals surface area contributed by atoms with Crippen molar-refractivity contribution in [3.8, 4) is 22.8 Å². The summed E-state index contributed by atoms with van der Waals surface area (Å²) < 4.78 is 35.6. The van der Waals surface area contributed by atoms with E-state index in [0.717, 1.165) is 32.5 Å². The first-order valence-electron chi connectivity index (χ1n) is 14.9. The van der Waals surface area contributed by atoms with Gasteiger partial charge in [0.05, 0.1) is 16.4 Å². The van der Waals surface area contributed by atoms with E-state index in [1.165, 1.54) is 5.56 Å². The Morgan fingerprint density at radius 2 is 1.55 bits per heavy atom. The number of rotatable bonds is 8. The summed E-state index contributed by atoms with van der Waals surface area (Å²) in [4.78, 5) is 16.5. The van der Waals surface area contributed by atoms with Gasteiger partial charge in [-0.1, -0.05) is 86.4 Å². The lowest BCUT2D eigenvalue weighted by atomic mass is 9.87. The molecule has 1 aliphatic heterocycles. The number of carbonyl (C=O) groups is 1. The number of halogens is 2. The molecule has 0 bridgehead atoms. The van der Waals surface area contributed by atoms with Crippen LogP contribution in [0.25, 0.3) is 23.4 Å². The lowest BCUT2D eigenvalue weighted by molar-refractivity contribution is -0.117. The van der Waals surface area contributed by atoms with E-state index in [4.69, 9.17) is 32.9 Å². The molecule has 8 nitrogen and oxygen atoms in total. The second-order valence-corrected chi connectivity index (χ2v) is 14.7. The SMILES string of the molecule is CC(C)(C)c1ccc(Oc2ccc(C=Cc3nc(-c4ccc(Cl)cc4Cl)cn3Cc3ccc(N4CC(=O)NS4(=O)=O)cc3)cc2)cc1. The van der Waals surface area contributed by atoms with Crippen molar-refractivity contribution in [3.63, 3.8) is 0 Å². The summed E-state index contributed by atoms with van der Waals surface area (Å²) in [5.74, 6) is 1.63. The molecule has 2 heterocycles. The van der Waals surface area contributed by atoms with Gasteiger partial charge in [0.2, 0.25) is 0 Å². The summed E-state index contributed by atoms with van der Waals surface area (Å²) in [6.45, 7) is 6.74. The van der Waals surface area contributed by atoms with E-state index >= 15 is 0 Å². The molecule has 0 unspecified atom stereocenters. The van der Waals surface area contributed by atoms with Crippen LogP contribution >= 0.6 is 23.2 Å². The van der Waals surface area contributed by atoms with Gasteiger partial charge >= 0.3 is 10.2 Å². The minimum atomic E-state index is -3.88. The third-order valence-electron chi connectivity index (χ3n) is 7.67. The van der Waals surface area contributed by atoms with Crippen molar-refractivity contribution in [2.75, 3.05) is 10.8 Å². The van der Waals surface area contributed by atoms with Crippen molar-refractivity contribution in [1.29, 1.82) is 0 Å². The molecule has 0 atom stereocenters. The smallest absolute Gasteiger partial charge is 0.326 e. The lowest BCUT2D eigenvalue weighted by Gasteiger charge is -2.19. The first-order chi connectivity index (χ1) is 22.3. The van der Waals surface area contributed by atoms with Gasteiger partial charge in [0.25, 0.3) is 5.91 Å². The zero-order chi connectivity index (χ0) is 33.3. The summed E-state index contributed by atoms with van der Waals surface area (Å²) in [7, 11) is -3.88. The van der Waals surface area contributed by atoms with Crippen LogP contribution in [0.2, 0.25) is 10.0 Å². The standard InChI is InChI=1S/C36H32Cl2N4O4S/c1-36(2,3)26-9-16-30(17-10-26)46-29-14-6-24(7-15-29)8-19-34-39-33(31-18-11-27(37)20-32(31)38)22-41(34)21-25-4-12-28(13-5-25)42-23-35(43)40-47(42,44)45/h4-20,22H,21,23H2,1-3H3,(H,40,43). The van der Waals surface area contributed by atoms with E-state index in [0.29, 0.717) is 33.8 Å². The van der Waals surface area contributed by atoms with Crippen molar-refractivity contribution >= 4 is 57.2 Å². The fourth-order valence-electron chi connectivity index (χ4n) is 5.13. The minimum absolute atomic E-state index is 0.0764. The average molecular weight is 688 g/mol. The number of nitrogens with zero attached hydrogens (tertiary/aromatic N) is 3. The van der Waals surface area contributed by atoms with E-state index in [9.17, 15) is 13.2 Å². The maximum absolute atomic E-state index is 12.3. The van der Waals surface area contributed by atoms with Gasteiger partial charge in [-0.15, -0.1) is 0 Å². The molecule has 0 saturated carbocycles. The average Bonchev–Trinajstić information content (AvgIpc) is 3.54. The Morgan fingerprint density at radius 1 is 0.894 bits per heavy atom.